The molecule has 0 saturated carbocycles. The maximum atomic E-state index is 11.2. The Balaban J connectivity index is 0.00000338. The van der Waals surface area contributed by atoms with Gasteiger partial charge in [-0.25, -0.2) is 0 Å². The zero-order valence-electron chi connectivity index (χ0n) is 15.7. The number of aliphatic imine (C=N–C) groups is 1. The Kier molecular flexibility index (Phi) is 10.2. The van der Waals surface area contributed by atoms with Crippen LogP contribution in [0.4, 0.5) is 5.69 Å². The highest BCUT2D eigenvalue weighted by Gasteiger charge is 2.19. The lowest BCUT2D eigenvalue weighted by Crippen LogP contribution is -2.52. The first-order valence-electron chi connectivity index (χ1n) is 8.67. The molecule has 26 heavy (non-hydrogen) atoms. The highest BCUT2D eigenvalue weighted by Crippen LogP contribution is 2.20. The fourth-order valence-corrected chi connectivity index (χ4v) is 2.75. The number of methoxy groups -OCH3 is 2. The van der Waals surface area contributed by atoms with Crippen molar-refractivity contribution in [3.05, 3.63) is 24.3 Å². The fourth-order valence-electron chi connectivity index (χ4n) is 2.75. The Morgan fingerprint density at radius 1 is 1.15 bits per heavy atom. The molecule has 0 amide bonds. The van der Waals surface area contributed by atoms with E-state index in [1.54, 1.807) is 7.11 Å². The number of halogens is 1. The van der Waals surface area contributed by atoms with Crippen LogP contribution in [0, 0.1) is 0 Å². The van der Waals surface area contributed by atoms with Crippen LogP contribution >= 0.6 is 24.0 Å². The second-order valence-corrected chi connectivity index (χ2v) is 5.73. The van der Waals surface area contributed by atoms with E-state index in [9.17, 15) is 4.79 Å². The molecule has 146 valence electrons. The van der Waals surface area contributed by atoms with E-state index in [-0.39, 0.29) is 29.9 Å². The number of hydrogen-bond acceptors (Lipinski definition) is 5. The minimum atomic E-state index is -0.232. The first kappa shape index (κ1) is 22.3. The van der Waals surface area contributed by atoms with Gasteiger partial charge in [0.05, 0.1) is 27.2 Å². The number of piperazine rings is 1. The van der Waals surface area contributed by atoms with E-state index in [1.807, 2.05) is 19.1 Å². The van der Waals surface area contributed by atoms with Crippen LogP contribution in [0.2, 0.25) is 0 Å². The maximum absolute atomic E-state index is 11.2. The van der Waals surface area contributed by atoms with Crippen molar-refractivity contribution in [1.29, 1.82) is 0 Å². The van der Waals surface area contributed by atoms with Gasteiger partial charge in [-0.05, 0) is 31.2 Å². The number of guanidine groups is 1. The number of benzene rings is 1. The summed E-state index contributed by atoms with van der Waals surface area (Å²) < 4.78 is 9.87. The molecule has 1 aromatic carbocycles. The fraction of sp³-hybridized carbons (Fsp3) is 0.556. The summed E-state index contributed by atoms with van der Waals surface area (Å²) in [7, 11) is 3.07. The highest BCUT2D eigenvalue weighted by molar-refractivity contribution is 14.0. The molecule has 7 nitrogen and oxygen atoms in total. The van der Waals surface area contributed by atoms with Crippen LogP contribution in [0.15, 0.2) is 29.3 Å². The van der Waals surface area contributed by atoms with Gasteiger partial charge >= 0.3 is 5.97 Å². The molecule has 0 atom stereocenters. The lowest BCUT2D eigenvalue weighted by Gasteiger charge is -2.37. The van der Waals surface area contributed by atoms with E-state index in [1.165, 1.54) is 12.8 Å². The van der Waals surface area contributed by atoms with Gasteiger partial charge in [0.2, 0.25) is 0 Å². The zero-order valence-corrected chi connectivity index (χ0v) is 18.1. The number of carbonyl (C=O) groups excluding carboxylic acids is 1. The van der Waals surface area contributed by atoms with Gasteiger partial charge in [-0.1, -0.05) is 0 Å². The predicted octanol–water partition coefficient (Wildman–Crippen LogP) is 1.96. The average molecular weight is 476 g/mol. The Morgan fingerprint density at radius 2 is 1.81 bits per heavy atom. The molecule has 1 saturated heterocycles. The zero-order chi connectivity index (χ0) is 18.1. The van der Waals surface area contributed by atoms with E-state index >= 15 is 0 Å². The summed E-state index contributed by atoms with van der Waals surface area (Å²) in [5.74, 6) is 1.50. The second kappa shape index (κ2) is 11.8. The number of esters is 1. The molecule has 2 rings (SSSR count). The third-order valence-electron chi connectivity index (χ3n) is 4.16. The van der Waals surface area contributed by atoms with Crippen molar-refractivity contribution in [2.75, 3.05) is 58.4 Å². The summed E-state index contributed by atoms with van der Waals surface area (Å²) in [6.07, 6.45) is 0.303. The Hall–Kier alpha value is -1.71. The quantitative estimate of drug-likeness (QED) is 0.293. The van der Waals surface area contributed by atoms with Gasteiger partial charge in [-0.15, -0.1) is 24.0 Å². The molecule has 1 heterocycles. The first-order valence-corrected chi connectivity index (χ1v) is 8.67. The molecule has 1 aliphatic heterocycles. The Morgan fingerprint density at radius 3 is 2.35 bits per heavy atom. The van der Waals surface area contributed by atoms with Crippen LogP contribution in [-0.4, -0.2) is 70.3 Å². The molecular weight excluding hydrogens is 447 g/mol. The number of carbonyl (C=O) groups is 1. The number of ether oxygens (including phenoxy) is 2. The molecule has 1 aromatic rings. The van der Waals surface area contributed by atoms with E-state index in [2.05, 4.69) is 37.0 Å². The monoisotopic (exact) mass is 476 g/mol. The number of anilines is 1. The van der Waals surface area contributed by atoms with Crippen LogP contribution in [-0.2, 0) is 9.53 Å². The van der Waals surface area contributed by atoms with Gasteiger partial charge in [-0.3, -0.25) is 9.79 Å². The van der Waals surface area contributed by atoms with Crippen LogP contribution < -0.4 is 15.0 Å². The lowest BCUT2D eigenvalue weighted by molar-refractivity contribution is -0.140. The van der Waals surface area contributed by atoms with E-state index in [4.69, 9.17) is 4.74 Å². The van der Waals surface area contributed by atoms with Crippen molar-refractivity contribution in [3.63, 3.8) is 0 Å². The molecule has 0 unspecified atom stereocenters. The van der Waals surface area contributed by atoms with Crippen molar-refractivity contribution >= 4 is 41.6 Å². The SMILES string of the molecule is CCNC(=NCCC(=O)OC)N1CCN(c2ccc(OC)cc2)CC1.I. The van der Waals surface area contributed by atoms with E-state index in [0.717, 1.165) is 44.4 Å². The third kappa shape index (κ3) is 6.54. The van der Waals surface area contributed by atoms with E-state index in [0.29, 0.717) is 13.0 Å². The number of rotatable bonds is 6. The van der Waals surface area contributed by atoms with Crippen LogP contribution in [0.25, 0.3) is 0 Å². The number of nitrogens with zero attached hydrogens (tertiary/aromatic N) is 3. The molecule has 0 spiro atoms. The molecule has 0 aliphatic carbocycles. The van der Waals surface area contributed by atoms with Crippen molar-refractivity contribution in [1.82, 2.24) is 10.2 Å². The van der Waals surface area contributed by atoms with Gasteiger partial charge in [0.1, 0.15) is 5.75 Å². The second-order valence-electron chi connectivity index (χ2n) is 5.73. The minimum absolute atomic E-state index is 0. The van der Waals surface area contributed by atoms with Gasteiger partial charge < -0.3 is 24.6 Å². The van der Waals surface area contributed by atoms with Crippen LogP contribution in [0.3, 0.4) is 0 Å². The van der Waals surface area contributed by atoms with Crippen molar-refractivity contribution < 1.29 is 14.3 Å². The molecule has 1 N–H and O–H groups in total. The largest absolute Gasteiger partial charge is 0.497 e. The molecule has 0 bridgehead atoms. The summed E-state index contributed by atoms with van der Waals surface area (Å²) in [6.45, 7) is 6.90. The molecular formula is C18H29IN4O3. The van der Waals surface area contributed by atoms with Crippen LogP contribution in [0.5, 0.6) is 5.75 Å². The summed E-state index contributed by atoms with van der Waals surface area (Å²) in [6, 6.07) is 8.15. The van der Waals surface area contributed by atoms with Gasteiger partial charge in [0, 0.05) is 38.4 Å². The predicted molar refractivity (Wildman–Crippen MR) is 115 cm³/mol. The molecule has 1 aliphatic rings. The lowest BCUT2D eigenvalue weighted by atomic mass is 10.2. The average Bonchev–Trinajstić information content (AvgIpc) is 2.67. The minimum Gasteiger partial charge on any atom is -0.497 e. The molecule has 0 aromatic heterocycles. The normalized spacial score (nSPS) is 14.5. The highest BCUT2D eigenvalue weighted by atomic mass is 127. The molecule has 1 fully saturated rings. The van der Waals surface area contributed by atoms with Crippen molar-refractivity contribution in [3.8, 4) is 5.75 Å². The van der Waals surface area contributed by atoms with Gasteiger partial charge in [-0.2, -0.15) is 0 Å². The topological polar surface area (TPSA) is 66.4 Å². The van der Waals surface area contributed by atoms with Gasteiger partial charge in [0.15, 0.2) is 5.96 Å². The summed E-state index contributed by atoms with van der Waals surface area (Å²) in [5.41, 5.74) is 1.20. The van der Waals surface area contributed by atoms with Crippen LogP contribution in [0.1, 0.15) is 13.3 Å². The van der Waals surface area contributed by atoms with Crippen molar-refractivity contribution in [2.45, 2.75) is 13.3 Å². The summed E-state index contributed by atoms with van der Waals surface area (Å²) >= 11 is 0. The summed E-state index contributed by atoms with van der Waals surface area (Å²) in [4.78, 5) is 20.4. The summed E-state index contributed by atoms with van der Waals surface area (Å²) in [5, 5.41) is 3.30. The molecule has 0 radical (unpaired) electrons. The first-order chi connectivity index (χ1) is 12.2. The Labute approximate surface area is 172 Å². The van der Waals surface area contributed by atoms with Crippen molar-refractivity contribution in [2.24, 2.45) is 4.99 Å². The smallest absolute Gasteiger partial charge is 0.307 e. The standard InChI is InChI=1S/C18H28N4O3.HI/c1-4-19-18(20-10-9-17(23)25-3)22-13-11-21(12-14-22)15-5-7-16(24-2)8-6-15;/h5-8H,4,9-14H2,1-3H3,(H,19,20);1H. The Bertz CT molecular complexity index is 572. The maximum Gasteiger partial charge on any atom is 0.307 e. The van der Waals surface area contributed by atoms with E-state index < -0.39 is 0 Å². The molecule has 8 heteroatoms. The number of nitrogens with one attached hydrogen (secondary N) is 1. The number of hydrogen-bond donors (Lipinski definition) is 1. The van der Waals surface area contributed by atoms with Gasteiger partial charge in [0.25, 0.3) is 0 Å². The third-order valence-corrected chi connectivity index (χ3v) is 4.16.